The van der Waals surface area contributed by atoms with E-state index < -0.39 is 30.2 Å². The molecule has 0 unspecified atom stereocenters. The van der Waals surface area contributed by atoms with Crippen LogP contribution in [-0.4, -0.2) is 39.7 Å². The number of hydrogen-bond acceptors (Lipinski definition) is 5. The van der Waals surface area contributed by atoms with E-state index in [0.29, 0.717) is 17.0 Å². The zero-order chi connectivity index (χ0) is 19.3. The summed E-state index contributed by atoms with van der Waals surface area (Å²) >= 11 is 6.49. The predicted octanol–water partition coefficient (Wildman–Crippen LogP) is 2.42. The Morgan fingerprint density at radius 2 is 1.81 bits per heavy atom. The first kappa shape index (κ1) is 18.9. The van der Waals surface area contributed by atoms with Crippen molar-refractivity contribution < 1.29 is 24.8 Å². The van der Waals surface area contributed by atoms with E-state index >= 15 is 0 Å². The molecule has 2 aromatic carbocycles. The van der Waals surface area contributed by atoms with Gasteiger partial charge in [0.1, 0.15) is 18.3 Å². The molecule has 0 aliphatic carbocycles. The average Bonchev–Trinajstić information content (AvgIpc) is 2.99. The maximum absolute atomic E-state index is 10.7. The number of ether oxygens (including phenoxy) is 2. The molecule has 2 heterocycles. The van der Waals surface area contributed by atoms with Crippen LogP contribution in [-0.2, 0) is 28.3 Å². The van der Waals surface area contributed by atoms with Crippen LogP contribution in [0.5, 0.6) is 0 Å². The molecule has 0 amide bonds. The largest absolute Gasteiger partial charge is 0.388 e. The summed E-state index contributed by atoms with van der Waals surface area (Å²) in [6.45, 7) is 3.90. The number of fused-ring (bicyclic) bond motifs is 2. The number of aliphatic hydroxyl groups is 3. The van der Waals surface area contributed by atoms with Crippen LogP contribution < -0.4 is 0 Å². The van der Waals surface area contributed by atoms with E-state index in [1.165, 1.54) is 5.56 Å². The molecule has 3 N–H and O–H groups in total. The zero-order valence-electron chi connectivity index (χ0n) is 15.2. The van der Waals surface area contributed by atoms with Gasteiger partial charge in [-0.05, 0) is 49.1 Å². The van der Waals surface area contributed by atoms with Crippen molar-refractivity contribution in [1.29, 1.82) is 0 Å². The van der Waals surface area contributed by atoms with Gasteiger partial charge < -0.3 is 24.8 Å². The number of rotatable bonds is 2. The smallest absolute Gasteiger partial charge is 0.225 e. The van der Waals surface area contributed by atoms with Crippen LogP contribution in [0.2, 0.25) is 5.02 Å². The molecule has 27 heavy (non-hydrogen) atoms. The van der Waals surface area contributed by atoms with Crippen molar-refractivity contribution in [3.8, 4) is 0 Å². The van der Waals surface area contributed by atoms with Crippen molar-refractivity contribution in [2.24, 2.45) is 0 Å². The maximum atomic E-state index is 10.7. The number of hydrogen-bond donors (Lipinski definition) is 3. The van der Waals surface area contributed by atoms with Gasteiger partial charge in [-0.1, -0.05) is 41.4 Å². The molecule has 0 aromatic heterocycles. The Bertz CT molecular complexity index is 852. The van der Waals surface area contributed by atoms with Crippen LogP contribution in [0.15, 0.2) is 36.4 Å². The Kier molecular flexibility index (Phi) is 4.79. The lowest BCUT2D eigenvalue weighted by atomic mass is 9.86. The van der Waals surface area contributed by atoms with Crippen LogP contribution >= 0.6 is 11.6 Å². The highest BCUT2D eigenvalue weighted by molar-refractivity contribution is 6.31. The van der Waals surface area contributed by atoms with E-state index in [1.54, 1.807) is 6.92 Å². The normalized spacial score (nSPS) is 32.7. The Morgan fingerprint density at radius 1 is 1.11 bits per heavy atom. The van der Waals surface area contributed by atoms with Crippen LogP contribution in [0, 0.1) is 6.92 Å². The first-order chi connectivity index (χ1) is 12.8. The predicted molar refractivity (Wildman–Crippen MR) is 100 cm³/mol. The number of aryl methyl sites for hydroxylation is 1. The second-order valence-electron chi connectivity index (χ2n) is 7.47. The lowest BCUT2D eigenvalue weighted by molar-refractivity contribution is -0.362. The van der Waals surface area contributed by atoms with E-state index in [9.17, 15) is 15.3 Å². The fraction of sp³-hybridized carbons (Fsp3) is 0.429. The Balaban J connectivity index is 1.73. The van der Waals surface area contributed by atoms with E-state index in [-0.39, 0.29) is 6.61 Å². The van der Waals surface area contributed by atoms with Gasteiger partial charge in [-0.25, -0.2) is 0 Å². The quantitative estimate of drug-likeness (QED) is 0.734. The molecule has 2 aliphatic heterocycles. The minimum absolute atomic E-state index is 0.215. The van der Waals surface area contributed by atoms with Gasteiger partial charge in [0.05, 0.1) is 12.7 Å². The highest BCUT2D eigenvalue weighted by atomic mass is 35.5. The lowest BCUT2D eigenvalue weighted by Crippen LogP contribution is -2.62. The second-order valence-corrected chi connectivity index (χ2v) is 7.88. The Morgan fingerprint density at radius 3 is 2.52 bits per heavy atom. The first-order valence-electron chi connectivity index (χ1n) is 9.05. The van der Waals surface area contributed by atoms with Crippen LogP contribution in [0.3, 0.4) is 0 Å². The van der Waals surface area contributed by atoms with Crippen LogP contribution in [0.25, 0.3) is 0 Å². The van der Waals surface area contributed by atoms with Gasteiger partial charge in [-0.2, -0.15) is 0 Å². The summed E-state index contributed by atoms with van der Waals surface area (Å²) in [6, 6.07) is 11.9. The SMILES string of the molecule is Cc1ccc(Cc2cc3c(cc2Cl)CO[C@]32O[C@H](C)[C@@H](O)[C@H](O)[C@H]2O)cc1. The van der Waals surface area contributed by atoms with E-state index in [1.807, 2.05) is 19.1 Å². The molecule has 144 valence electrons. The molecule has 4 rings (SSSR count). The highest BCUT2D eigenvalue weighted by Crippen LogP contribution is 2.47. The molecular formula is C21H23ClO5. The molecule has 2 aliphatic rings. The van der Waals surface area contributed by atoms with Crippen molar-refractivity contribution >= 4 is 11.6 Å². The molecule has 5 atom stereocenters. The van der Waals surface area contributed by atoms with Crippen molar-refractivity contribution in [2.45, 2.75) is 57.1 Å². The monoisotopic (exact) mass is 390 g/mol. The van der Waals surface area contributed by atoms with E-state index in [2.05, 4.69) is 24.3 Å². The third-order valence-corrected chi connectivity index (χ3v) is 5.86. The van der Waals surface area contributed by atoms with Gasteiger partial charge >= 0.3 is 0 Å². The van der Waals surface area contributed by atoms with Gasteiger partial charge in [-0.15, -0.1) is 0 Å². The molecule has 0 radical (unpaired) electrons. The molecule has 1 spiro atoms. The second kappa shape index (κ2) is 6.85. The van der Waals surface area contributed by atoms with Crippen molar-refractivity contribution in [2.75, 3.05) is 0 Å². The van der Waals surface area contributed by atoms with Gasteiger partial charge in [0.2, 0.25) is 5.79 Å². The summed E-state index contributed by atoms with van der Waals surface area (Å²) in [5.41, 5.74) is 4.64. The van der Waals surface area contributed by atoms with Crippen molar-refractivity contribution in [1.82, 2.24) is 0 Å². The summed E-state index contributed by atoms with van der Waals surface area (Å²) in [5, 5.41) is 31.5. The summed E-state index contributed by atoms with van der Waals surface area (Å²) in [6.07, 6.45) is -4.02. The van der Waals surface area contributed by atoms with Gasteiger partial charge in [-0.3, -0.25) is 0 Å². The number of halogens is 1. The molecule has 0 saturated carbocycles. The molecule has 0 bridgehead atoms. The highest BCUT2D eigenvalue weighted by Gasteiger charge is 2.57. The zero-order valence-corrected chi connectivity index (χ0v) is 16.0. The van der Waals surface area contributed by atoms with Crippen molar-refractivity contribution in [3.05, 3.63) is 69.2 Å². The summed E-state index contributed by atoms with van der Waals surface area (Å²) in [4.78, 5) is 0. The lowest BCUT2D eigenvalue weighted by Gasteiger charge is -2.45. The third kappa shape index (κ3) is 3.09. The summed E-state index contributed by atoms with van der Waals surface area (Å²) in [7, 11) is 0. The Labute approximate surface area is 163 Å². The van der Waals surface area contributed by atoms with E-state index in [0.717, 1.165) is 16.7 Å². The fourth-order valence-electron chi connectivity index (χ4n) is 3.87. The number of aliphatic hydroxyl groups excluding tert-OH is 3. The molecule has 2 aromatic rings. The fourth-order valence-corrected chi connectivity index (χ4v) is 4.13. The average molecular weight is 391 g/mol. The summed E-state index contributed by atoms with van der Waals surface area (Å²) in [5.74, 6) is -1.50. The molecule has 6 heteroatoms. The van der Waals surface area contributed by atoms with Crippen LogP contribution in [0.4, 0.5) is 0 Å². The molecule has 1 fully saturated rings. The molecule has 5 nitrogen and oxygen atoms in total. The molecular weight excluding hydrogens is 368 g/mol. The minimum Gasteiger partial charge on any atom is -0.388 e. The topological polar surface area (TPSA) is 79.2 Å². The van der Waals surface area contributed by atoms with Gasteiger partial charge in [0, 0.05) is 10.6 Å². The van der Waals surface area contributed by atoms with Gasteiger partial charge in [0.15, 0.2) is 0 Å². The standard InChI is InChI=1S/C21H23ClO5/c1-11-3-5-13(6-4-11)7-14-8-16-15(9-17(14)22)10-26-21(16)20(25)19(24)18(23)12(2)27-21/h3-6,8-9,12,18-20,23-25H,7,10H2,1-2H3/t12-,18-,19+,20-,21+/m1/s1. The van der Waals surface area contributed by atoms with Gasteiger partial charge in [0.25, 0.3) is 0 Å². The van der Waals surface area contributed by atoms with Crippen LogP contribution in [0.1, 0.15) is 34.7 Å². The Hall–Kier alpha value is -1.47. The first-order valence-corrected chi connectivity index (χ1v) is 9.43. The summed E-state index contributed by atoms with van der Waals surface area (Å²) < 4.78 is 11.7. The van der Waals surface area contributed by atoms with Crippen molar-refractivity contribution in [3.63, 3.8) is 0 Å². The van der Waals surface area contributed by atoms with E-state index in [4.69, 9.17) is 21.1 Å². The molecule has 1 saturated heterocycles. The number of benzene rings is 2. The maximum Gasteiger partial charge on any atom is 0.225 e. The minimum atomic E-state index is -1.50. The third-order valence-electron chi connectivity index (χ3n) is 5.51.